The Labute approximate surface area is 156 Å². The summed E-state index contributed by atoms with van der Waals surface area (Å²) in [6, 6.07) is 12.7. The molecule has 0 bridgehead atoms. The number of para-hydroxylation sites is 2. The summed E-state index contributed by atoms with van der Waals surface area (Å²) in [5.41, 5.74) is 6.04. The topological polar surface area (TPSA) is 94.6 Å². The second-order valence-corrected chi connectivity index (χ2v) is 5.85. The summed E-state index contributed by atoms with van der Waals surface area (Å²) in [4.78, 5) is 15.4. The number of aromatic nitrogens is 2. The first kappa shape index (κ1) is 18.4. The molecular weight excluding hydrogens is 346 g/mol. The van der Waals surface area contributed by atoms with Crippen molar-refractivity contribution < 1.29 is 9.66 Å². The van der Waals surface area contributed by atoms with Crippen molar-refractivity contribution in [2.75, 3.05) is 12.0 Å². The number of nitrogens with one attached hydrogen (secondary N) is 1. The third-order valence-electron chi connectivity index (χ3n) is 4.17. The van der Waals surface area contributed by atoms with Gasteiger partial charge in [-0.05, 0) is 45.0 Å². The minimum atomic E-state index is -0.453. The van der Waals surface area contributed by atoms with Crippen LogP contribution in [0.5, 0.6) is 5.75 Å². The molecule has 2 aromatic carbocycles. The van der Waals surface area contributed by atoms with E-state index < -0.39 is 4.92 Å². The Morgan fingerprint density at radius 2 is 2.07 bits per heavy atom. The van der Waals surface area contributed by atoms with Crippen LogP contribution in [0.25, 0.3) is 11.0 Å². The summed E-state index contributed by atoms with van der Waals surface area (Å²) in [6.45, 7) is 6.71. The Morgan fingerprint density at radius 3 is 2.78 bits per heavy atom. The molecule has 8 heteroatoms. The van der Waals surface area contributed by atoms with Gasteiger partial charge in [-0.1, -0.05) is 12.1 Å². The zero-order chi connectivity index (χ0) is 19.4. The largest absolute Gasteiger partial charge is 0.487 e. The van der Waals surface area contributed by atoms with Crippen LogP contribution in [0, 0.1) is 10.1 Å². The Bertz CT molecular complexity index is 1010. The fraction of sp³-hybridized carbons (Fsp3) is 0.263. The van der Waals surface area contributed by atoms with E-state index in [9.17, 15) is 10.1 Å². The van der Waals surface area contributed by atoms with E-state index in [1.165, 1.54) is 6.07 Å². The predicted octanol–water partition coefficient (Wildman–Crippen LogP) is 4.20. The molecule has 0 saturated heterocycles. The molecule has 3 aromatic rings. The smallest absolute Gasteiger partial charge is 0.311 e. The van der Waals surface area contributed by atoms with Crippen LogP contribution >= 0.6 is 0 Å². The molecule has 8 nitrogen and oxygen atoms in total. The molecule has 0 spiro atoms. The molecule has 1 aromatic heterocycles. The fourth-order valence-electron chi connectivity index (χ4n) is 2.84. The van der Waals surface area contributed by atoms with Crippen molar-refractivity contribution in [2.45, 2.75) is 27.3 Å². The van der Waals surface area contributed by atoms with E-state index in [2.05, 4.69) is 15.5 Å². The Kier molecular flexibility index (Phi) is 5.35. The van der Waals surface area contributed by atoms with Crippen molar-refractivity contribution >= 4 is 28.4 Å². The summed E-state index contributed by atoms with van der Waals surface area (Å²) in [6.07, 6.45) is 0. The number of nitrogens with zero attached hydrogens (tertiary/aromatic N) is 4. The lowest BCUT2D eigenvalue weighted by molar-refractivity contribution is -0.385. The molecular formula is C19H21N5O3. The number of hydrogen-bond donors (Lipinski definition) is 1. The number of ether oxygens (including phenoxy) is 1. The average Bonchev–Trinajstić information content (AvgIpc) is 3.04. The zero-order valence-corrected chi connectivity index (χ0v) is 15.5. The highest BCUT2D eigenvalue weighted by Gasteiger charge is 2.17. The van der Waals surface area contributed by atoms with Gasteiger partial charge in [-0.3, -0.25) is 10.1 Å². The zero-order valence-electron chi connectivity index (χ0n) is 15.5. The lowest BCUT2D eigenvalue weighted by atomic mass is 10.1. The standard InChI is InChI=1S/C19H21N5O3/c1-4-23-16-9-7-6-8-15(16)20-19(23)22-21-13(3)14-10-11-18(27-5-2)17(12-14)24(25)26/h6-12H,4-5H2,1-3H3,(H,20,22)/b21-13+. The maximum absolute atomic E-state index is 11.3. The number of fused-ring (bicyclic) bond motifs is 1. The minimum Gasteiger partial charge on any atom is -0.487 e. The molecule has 0 amide bonds. The van der Waals surface area contributed by atoms with Crippen LogP contribution in [-0.2, 0) is 6.54 Å². The first-order valence-electron chi connectivity index (χ1n) is 8.72. The second-order valence-electron chi connectivity index (χ2n) is 5.85. The van der Waals surface area contributed by atoms with Crippen LogP contribution in [0.4, 0.5) is 11.6 Å². The van der Waals surface area contributed by atoms with Gasteiger partial charge in [0.25, 0.3) is 0 Å². The normalized spacial score (nSPS) is 11.6. The van der Waals surface area contributed by atoms with Gasteiger partial charge in [-0.2, -0.15) is 5.10 Å². The number of aryl methyl sites for hydroxylation is 1. The van der Waals surface area contributed by atoms with E-state index >= 15 is 0 Å². The fourth-order valence-corrected chi connectivity index (χ4v) is 2.84. The quantitative estimate of drug-likeness (QED) is 0.384. The molecule has 0 unspecified atom stereocenters. The molecule has 0 fully saturated rings. The lowest BCUT2D eigenvalue weighted by Crippen LogP contribution is -2.06. The van der Waals surface area contributed by atoms with Crippen LogP contribution in [0.1, 0.15) is 26.3 Å². The van der Waals surface area contributed by atoms with E-state index in [0.717, 1.165) is 17.6 Å². The van der Waals surface area contributed by atoms with Gasteiger partial charge < -0.3 is 9.30 Å². The summed E-state index contributed by atoms with van der Waals surface area (Å²) < 4.78 is 7.34. The van der Waals surface area contributed by atoms with E-state index in [1.807, 2.05) is 35.8 Å². The number of imidazole rings is 1. The highest BCUT2D eigenvalue weighted by atomic mass is 16.6. The first-order chi connectivity index (χ1) is 13.0. The van der Waals surface area contributed by atoms with Gasteiger partial charge in [0, 0.05) is 18.2 Å². The van der Waals surface area contributed by atoms with Crippen molar-refractivity contribution in [1.82, 2.24) is 9.55 Å². The van der Waals surface area contributed by atoms with Gasteiger partial charge >= 0.3 is 5.69 Å². The molecule has 0 aliphatic rings. The molecule has 27 heavy (non-hydrogen) atoms. The third kappa shape index (κ3) is 3.74. The summed E-state index contributed by atoms with van der Waals surface area (Å²) in [7, 11) is 0. The van der Waals surface area contributed by atoms with Crippen molar-refractivity contribution in [2.24, 2.45) is 5.10 Å². The highest BCUT2D eigenvalue weighted by molar-refractivity contribution is 5.99. The van der Waals surface area contributed by atoms with E-state index in [-0.39, 0.29) is 11.4 Å². The monoisotopic (exact) mass is 367 g/mol. The number of hydrazone groups is 1. The molecule has 1 heterocycles. The second kappa shape index (κ2) is 7.86. The van der Waals surface area contributed by atoms with Gasteiger partial charge in [0.1, 0.15) is 0 Å². The molecule has 1 N–H and O–H groups in total. The van der Waals surface area contributed by atoms with E-state index in [4.69, 9.17) is 4.74 Å². The van der Waals surface area contributed by atoms with E-state index in [0.29, 0.717) is 23.8 Å². The summed E-state index contributed by atoms with van der Waals surface area (Å²) >= 11 is 0. The molecule has 3 rings (SSSR count). The van der Waals surface area contributed by atoms with Crippen molar-refractivity contribution in [3.05, 3.63) is 58.1 Å². The Hall–Kier alpha value is -3.42. The number of rotatable bonds is 7. The SMILES string of the molecule is CCOc1ccc(/C(C)=N/Nc2nc3ccccc3n2CC)cc1[N+](=O)[O-]. The van der Waals surface area contributed by atoms with Gasteiger partial charge in [0.05, 0.1) is 28.3 Å². The Balaban J connectivity index is 1.90. The van der Waals surface area contributed by atoms with Crippen LogP contribution in [0.3, 0.4) is 0 Å². The number of nitro benzene ring substituents is 1. The first-order valence-corrected chi connectivity index (χ1v) is 8.72. The van der Waals surface area contributed by atoms with Crippen molar-refractivity contribution in [3.8, 4) is 5.75 Å². The van der Waals surface area contributed by atoms with Crippen LogP contribution < -0.4 is 10.2 Å². The van der Waals surface area contributed by atoms with Crippen molar-refractivity contribution in [3.63, 3.8) is 0 Å². The summed E-state index contributed by atoms with van der Waals surface area (Å²) in [5, 5.41) is 15.7. The minimum absolute atomic E-state index is 0.0790. The molecule has 0 atom stereocenters. The average molecular weight is 367 g/mol. The van der Waals surface area contributed by atoms with Crippen molar-refractivity contribution in [1.29, 1.82) is 0 Å². The number of anilines is 1. The molecule has 0 radical (unpaired) electrons. The number of benzene rings is 2. The molecule has 0 aliphatic carbocycles. The van der Waals surface area contributed by atoms with E-state index in [1.54, 1.807) is 26.0 Å². The van der Waals surface area contributed by atoms with Crippen LogP contribution in [0.2, 0.25) is 0 Å². The third-order valence-corrected chi connectivity index (χ3v) is 4.17. The predicted molar refractivity (Wildman–Crippen MR) is 106 cm³/mol. The molecule has 0 aliphatic heterocycles. The van der Waals surface area contributed by atoms with Gasteiger partial charge in [0.2, 0.25) is 5.95 Å². The van der Waals surface area contributed by atoms with Crippen LogP contribution in [0.15, 0.2) is 47.6 Å². The summed E-state index contributed by atoms with van der Waals surface area (Å²) in [5.74, 6) is 0.873. The molecule has 0 saturated carbocycles. The maximum Gasteiger partial charge on any atom is 0.311 e. The maximum atomic E-state index is 11.3. The van der Waals surface area contributed by atoms with Crippen LogP contribution in [-0.4, -0.2) is 26.8 Å². The molecule has 140 valence electrons. The number of nitro groups is 1. The van der Waals surface area contributed by atoms with Gasteiger partial charge in [0.15, 0.2) is 5.75 Å². The van der Waals surface area contributed by atoms with Gasteiger partial charge in [-0.25, -0.2) is 10.4 Å². The Morgan fingerprint density at radius 1 is 1.30 bits per heavy atom. The lowest BCUT2D eigenvalue weighted by Gasteiger charge is -2.08. The number of hydrogen-bond acceptors (Lipinski definition) is 6. The highest BCUT2D eigenvalue weighted by Crippen LogP contribution is 2.28. The van der Waals surface area contributed by atoms with Gasteiger partial charge in [-0.15, -0.1) is 0 Å².